The van der Waals surface area contributed by atoms with E-state index in [1.165, 1.54) is 0 Å². The molecule has 0 saturated heterocycles. The van der Waals surface area contributed by atoms with Crippen molar-refractivity contribution in [2.24, 2.45) is 0 Å². The van der Waals surface area contributed by atoms with E-state index in [0.29, 0.717) is 17.1 Å². The molecule has 6 nitrogen and oxygen atoms in total. The van der Waals surface area contributed by atoms with Gasteiger partial charge in [0, 0.05) is 5.56 Å². The SMILES string of the molecule is O=C(Cc1ccc2ccccc2c1)NNC(=O)c1ccc2c(c1)OCO2. The van der Waals surface area contributed by atoms with Crippen LogP contribution in [0, 0.1) is 0 Å². The molecule has 0 atom stereocenters. The maximum atomic E-state index is 12.2. The fourth-order valence-corrected chi connectivity index (χ4v) is 2.81. The van der Waals surface area contributed by atoms with Gasteiger partial charge in [-0.15, -0.1) is 0 Å². The maximum Gasteiger partial charge on any atom is 0.269 e. The van der Waals surface area contributed by atoms with Crippen LogP contribution in [0.4, 0.5) is 0 Å². The molecule has 26 heavy (non-hydrogen) atoms. The lowest BCUT2D eigenvalue weighted by molar-refractivity contribution is -0.121. The first-order valence-corrected chi connectivity index (χ1v) is 8.15. The Hall–Kier alpha value is -3.54. The highest BCUT2D eigenvalue weighted by Crippen LogP contribution is 2.32. The average molecular weight is 348 g/mol. The van der Waals surface area contributed by atoms with E-state index in [4.69, 9.17) is 9.47 Å². The Morgan fingerprint density at radius 2 is 1.65 bits per heavy atom. The van der Waals surface area contributed by atoms with E-state index in [9.17, 15) is 9.59 Å². The normalized spacial score (nSPS) is 12.0. The van der Waals surface area contributed by atoms with Crippen molar-refractivity contribution in [1.82, 2.24) is 10.9 Å². The largest absolute Gasteiger partial charge is 0.454 e. The van der Waals surface area contributed by atoms with Crippen LogP contribution in [0.25, 0.3) is 10.8 Å². The summed E-state index contributed by atoms with van der Waals surface area (Å²) in [6.45, 7) is 0.142. The standard InChI is InChI=1S/C20H16N2O4/c23-19(10-13-5-6-14-3-1-2-4-15(14)9-13)21-22-20(24)16-7-8-17-18(11-16)26-12-25-17/h1-9,11H,10,12H2,(H,21,23)(H,22,24). The van der Waals surface area contributed by atoms with Crippen molar-refractivity contribution in [3.05, 3.63) is 71.8 Å². The second-order valence-corrected chi connectivity index (χ2v) is 5.93. The van der Waals surface area contributed by atoms with Gasteiger partial charge in [-0.1, -0.05) is 42.5 Å². The van der Waals surface area contributed by atoms with Gasteiger partial charge in [-0.2, -0.15) is 0 Å². The maximum absolute atomic E-state index is 12.2. The minimum absolute atomic E-state index is 0.142. The van der Waals surface area contributed by atoms with Gasteiger partial charge in [0.2, 0.25) is 12.7 Å². The second-order valence-electron chi connectivity index (χ2n) is 5.93. The smallest absolute Gasteiger partial charge is 0.269 e. The molecule has 0 saturated carbocycles. The summed E-state index contributed by atoms with van der Waals surface area (Å²) in [5.74, 6) is 0.395. The lowest BCUT2D eigenvalue weighted by Gasteiger charge is -2.08. The topological polar surface area (TPSA) is 76.7 Å². The summed E-state index contributed by atoms with van der Waals surface area (Å²) in [7, 11) is 0. The second kappa shape index (κ2) is 6.76. The first-order chi connectivity index (χ1) is 12.7. The van der Waals surface area contributed by atoms with Crippen molar-refractivity contribution in [3.63, 3.8) is 0 Å². The lowest BCUT2D eigenvalue weighted by atomic mass is 10.1. The zero-order chi connectivity index (χ0) is 17.9. The van der Waals surface area contributed by atoms with Gasteiger partial charge in [-0.05, 0) is 34.5 Å². The highest BCUT2D eigenvalue weighted by molar-refractivity contribution is 5.96. The summed E-state index contributed by atoms with van der Waals surface area (Å²) < 4.78 is 10.4. The Morgan fingerprint density at radius 1 is 0.846 bits per heavy atom. The number of amides is 2. The zero-order valence-electron chi connectivity index (χ0n) is 13.8. The number of hydrogen-bond acceptors (Lipinski definition) is 4. The molecule has 0 aliphatic carbocycles. The van der Waals surface area contributed by atoms with Gasteiger partial charge in [0.15, 0.2) is 11.5 Å². The van der Waals surface area contributed by atoms with Crippen molar-refractivity contribution in [2.45, 2.75) is 6.42 Å². The fraction of sp³-hybridized carbons (Fsp3) is 0.100. The molecule has 0 fully saturated rings. The van der Waals surface area contributed by atoms with Crippen LogP contribution in [-0.2, 0) is 11.2 Å². The van der Waals surface area contributed by atoms with Gasteiger partial charge in [0.1, 0.15) is 0 Å². The van der Waals surface area contributed by atoms with E-state index < -0.39 is 5.91 Å². The predicted molar refractivity (Wildman–Crippen MR) is 95.8 cm³/mol. The Bertz CT molecular complexity index is 1000. The Morgan fingerprint density at radius 3 is 2.54 bits per heavy atom. The predicted octanol–water partition coefficient (Wildman–Crippen LogP) is 2.57. The molecule has 3 aromatic rings. The van der Waals surface area contributed by atoms with E-state index in [2.05, 4.69) is 10.9 Å². The van der Waals surface area contributed by atoms with Gasteiger partial charge in [-0.25, -0.2) is 0 Å². The third-order valence-electron chi connectivity index (χ3n) is 4.13. The van der Waals surface area contributed by atoms with Crippen LogP contribution < -0.4 is 20.3 Å². The average Bonchev–Trinajstić information content (AvgIpc) is 3.14. The molecule has 3 aromatic carbocycles. The molecule has 130 valence electrons. The van der Waals surface area contributed by atoms with Crippen molar-refractivity contribution in [1.29, 1.82) is 0 Å². The summed E-state index contributed by atoms with van der Waals surface area (Å²) in [5, 5.41) is 2.19. The monoisotopic (exact) mass is 348 g/mol. The van der Waals surface area contributed by atoms with Crippen molar-refractivity contribution in [2.75, 3.05) is 6.79 Å². The number of hydrazine groups is 1. The van der Waals surface area contributed by atoms with Gasteiger partial charge >= 0.3 is 0 Å². The molecule has 0 aromatic heterocycles. The van der Waals surface area contributed by atoms with Crippen LogP contribution in [0.15, 0.2) is 60.7 Å². The number of nitrogens with one attached hydrogen (secondary N) is 2. The summed E-state index contributed by atoms with van der Waals surface area (Å²) in [6, 6.07) is 18.6. The van der Waals surface area contributed by atoms with E-state index in [-0.39, 0.29) is 19.1 Å². The molecule has 0 radical (unpaired) electrons. The highest BCUT2D eigenvalue weighted by Gasteiger charge is 2.16. The Balaban J connectivity index is 1.36. The molecule has 1 heterocycles. The fourth-order valence-electron chi connectivity index (χ4n) is 2.81. The van der Waals surface area contributed by atoms with Crippen LogP contribution in [0.1, 0.15) is 15.9 Å². The molecule has 0 bridgehead atoms. The molecule has 1 aliphatic rings. The number of rotatable bonds is 3. The van der Waals surface area contributed by atoms with Crippen LogP contribution in [0.5, 0.6) is 11.5 Å². The lowest BCUT2D eigenvalue weighted by Crippen LogP contribution is -2.42. The third kappa shape index (κ3) is 3.30. The summed E-state index contributed by atoms with van der Waals surface area (Å²) in [6.07, 6.45) is 0.173. The minimum atomic E-state index is -0.421. The van der Waals surface area contributed by atoms with E-state index in [1.807, 2.05) is 42.5 Å². The van der Waals surface area contributed by atoms with E-state index in [0.717, 1.165) is 16.3 Å². The van der Waals surface area contributed by atoms with E-state index >= 15 is 0 Å². The van der Waals surface area contributed by atoms with Gasteiger partial charge < -0.3 is 9.47 Å². The van der Waals surface area contributed by atoms with Crippen LogP contribution >= 0.6 is 0 Å². The number of hydrogen-bond donors (Lipinski definition) is 2. The van der Waals surface area contributed by atoms with Crippen LogP contribution in [0.3, 0.4) is 0 Å². The molecule has 0 unspecified atom stereocenters. The van der Waals surface area contributed by atoms with Gasteiger partial charge in [0.25, 0.3) is 5.91 Å². The number of ether oxygens (including phenoxy) is 2. The molecule has 1 aliphatic heterocycles. The third-order valence-corrected chi connectivity index (χ3v) is 4.13. The van der Waals surface area contributed by atoms with Crippen LogP contribution in [0.2, 0.25) is 0 Å². The summed E-state index contributed by atoms with van der Waals surface area (Å²) >= 11 is 0. The van der Waals surface area contributed by atoms with Gasteiger partial charge in [0.05, 0.1) is 6.42 Å². The Kier molecular flexibility index (Phi) is 4.15. The number of fused-ring (bicyclic) bond motifs is 2. The summed E-state index contributed by atoms with van der Waals surface area (Å²) in [5.41, 5.74) is 6.10. The van der Waals surface area contributed by atoms with E-state index in [1.54, 1.807) is 18.2 Å². The summed E-state index contributed by atoms with van der Waals surface area (Å²) in [4.78, 5) is 24.3. The first-order valence-electron chi connectivity index (χ1n) is 8.15. The molecular weight excluding hydrogens is 332 g/mol. The molecule has 6 heteroatoms. The number of carbonyl (C=O) groups is 2. The van der Waals surface area contributed by atoms with Crippen molar-refractivity contribution in [3.8, 4) is 11.5 Å². The number of benzene rings is 3. The molecular formula is C20H16N2O4. The van der Waals surface area contributed by atoms with Gasteiger partial charge in [-0.3, -0.25) is 20.4 Å². The molecule has 0 spiro atoms. The molecule has 2 amide bonds. The Labute approximate surface area is 149 Å². The van der Waals surface area contributed by atoms with Crippen LogP contribution in [-0.4, -0.2) is 18.6 Å². The van der Waals surface area contributed by atoms with Crippen molar-refractivity contribution < 1.29 is 19.1 Å². The highest BCUT2D eigenvalue weighted by atomic mass is 16.7. The van der Waals surface area contributed by atoms with Crippen molar-refractivity contribution >= 4 is 22.6 Å². The molecule has 2 N–H and O–H groups in total. The first kappa shape index (κ1) is 16.0. The zero-order valence-corrected chi connectivity index (χ0v) is 13.8. The number of carbonyl (C=O) groups excluding carboxylic acids is 2. The molecule has 4 rings (SSSR count). The minimum Gasteiger partial charge on any atom is -0.454 e. The quantitative estimate of drug-likeness (QED) is 0.713.